The first kappa shape index (κ1) is 13.1. The van der Waals surface area contributed by atoms with Gasteiger partial charge in [0.05, 0.1) is 11.4 Å². The van der Waals surface area contributed by atoms with Crippen molar-refractivity contribution in [1.29, 1.82) is 0 Å². The lowest BCUT2D eigenvalue weighted by Crippen LogP contribution is -2.34. The first-order valence-corrected chi connectivity index (χ1v) is 8.28. The molecular formula is C19H24N2. The number of nitrogens with one attached hydrogen (secondary N) is 1. The molecule has 0 saturated heterocycles. The zero-order valence-electron chi connectivity index (χ0n) is 13.5. The van der Waals surface area contributed by atoms with E-state index in [0.717, 1.165) is 5.82 Å². The molecule has 0 radical (unpaired) electrons. The minimum absolute atomic E-state index is 0.221. The summed E-state index contributed by atoms with van der Waals surface area (Å²) in [6.07, 6.45) is 3.85. The molecule has 0 atom stereocenters. The molecule has 1 spiro atoms. The smallest absolute Gasteiger partial charge is 0.109 e. The fraction of sp³-hybridized carbons (Fsp3) is 0.526. The van der Waals surface area contributed by atoms with E-state index in [2.05, 4.69) is 50.9 Å². The van der Waals surface area contributed by atoms with Crippen LogP contribution >= 0.6 is 0 Å². The number of aromatic amines is 1. The fourth-order valence-electron chi connectivity index (χ4n) is 3.91. The summed E-state index contributed by atoms with van der Waals surface area (Å²) in [6.45, 7) is 8.98. The molecule has 1 aromatic heterocycles. The van der Waals surface area contributed by atoms with Crippen molar-refractivity contribution >= 4 is 0 Å². The molecule has 21 heavy (non-hydrogen) atoms. The van der Waals surface area contributed by atoms with Crippen LogP contribution < -0.4 is 0 Å². The molecule has 2 aliphatic rings. The van der Waals surface area contributed by atoms with Gasteiger partial charge in [0.2, 0.25) is 0 Å². The van der Waals surface area contributed by atoms with Crippen molar-refractivity contribution in [3.8, 4) is 11.3 Å². The minimum Gasteiger partial charge on any atom is -0.342 e. The summed E-state index contributed by atoms with van der Waals surface area (Å²) in [5.41, 5.74) is 7.22. The van der Waals surface area contributed by atoms with Gasteiger partial charge in [0.25, 0.3) is 0 Å². The number of benzene rings is 1. The van der Waals surface area contributed by atoms with Gasteiger partial charge in [-0.05, 0) is 29.9 Å². The third-order valence-electron chi connectivity index (χ3n) is 5.42. The molecule has 2 nitrogen and oxygen atoms in total. The van der Waals surface area contributed by atoms with Gasteiger partial charge in [-0.25, -0.2) is 4.98 Å². The quantitative estimate of drug-likeness (QED) is 0.814. The second-order valence-corrected chi connectivity index (χ2v) is 7.40. The second-order valence-electron chi connectivity index (χ2n) is 7.40. The van der Waals surface area contributed by atoms with Crippen LogP contribution in [0.4, 0.5) is 0 Å². The van der Waals surface area contributed by atoms with E-state index in [9.17, 15) is 0 Å². The lowest BCUT2D eigenvalue weighted by molar-refractivity contribution is 0.301. The number of H-pyrrole nitrogens is 1. The molecule has 1 heterocycles. The Morgan fingerprint density at radius 1 is 1.10 bits per heavy atom. The van der Waals surface area contributed by atoms with E-state index in [1.54, 1.807) is 0 Å². The van der Waals surface area contributed by atoms with Gasteiger partial charge in [-0.1, -0.05) is 52.3 Å². The summed E-state index contributed by atoms with van der Waals surface area (Å²) in [6, 6.07) is 7.06. The Morgan fingerprint density at radius 3 is 2.43 bits per heavy atom. The number of rotatable bonds is 2. The zero-order chi connectivity index (χ0) is 14.8. The van der Waals surface area contributed by atoms with Gasteiger partial charge >= 0.3 is 0 Å². The average molecular weight is 280 g/mol. The Balaban J connectivity index is 1.93. The predicted octanol–water partition coefficient (Wildman–Crippen LogP) is 5.11. The van der Waals surface area contributed by atoms with Crippen LogP contribution in [0, 0.1) is 0 Å². The van der Waals surface area contributed by atoms with E-state index in [-0.39, 0.29) is 5.41 Å². The van der Waals surface area contributed by atoms with Crippen molar-refractivity contribution < 1.29 is 0 Å². The van der Waals surface area contributed by atoms with E-state index in [0.29, 0.717) is 11.8 Å². The summed E-state index contributed by atoms with van der Waals surface area (Å²) in [7, 11) is 0. The standard InChI is InChI=1S/C19H24N2/c1-11(2)13-6-7-14-15(10-13)19(8-5-9-19)17-16(14)20-18(21-17)12(3)4/h6-7,10-12H,5,8-9H2,1-4H3,(H,20,21). The molecule has 2 aliphatic carbocycles. The molecule has 0 amide bonds. The summed E-state index contributed by atoms with van der Waals surface area (Å²) >= 11 is 0. The van der Waals surface area contributed by atoms with Gasteiger partial charge in [0.1, 0.15) is 5.82 Å². The Hall–Kier alpha value is -1.57. The molecule has 4 rings (SSSR count). The molecule has 0 aliphatic heterocycles. The number of nitrogens with zero attached hydrogens (tertiary/aromatic N) is 1. The highest BCUT2D eigenvalue weighted by molar-refractivity contribution is 5.78. The topological polar surface area (TPSA) is 28.7 Å². The number of aromatic nitrogens is 2. The maximum absolute atomic E-state index is 5.00. The van der Waals surface area contributed by atoms with Crippen molar-refractivity contribution in [1.82, 2.24) is 9.97 Å². The highest BCUT2D eigenvalue weighted by Crippen LogP contribution is 2.58. The molecule has 0 bridgehead atoms. The zero-order valence-corrected chi connectivity index (χ0v) is 13.5. The number of imidazole rings is 1. The Bertz CT molecular complexity index is 702. The summed E-state index contributed by atoms with van der Waals surface area (Å²) in [5, 5.41) is 0. The minimum atomic E-state index is 0.221. The van der Waals surface area contributed by atoms with Crippen molar-refractivity contribution in [2.75, 3.05) is 0 Å². The fourth-order valence-corrected chi connectivity index (χ4v) is 3.91. The summed E-state index contributed by atoms with van der Waals surface area (Å²) in [5.74, 6) is 2.20. The maximum atomic E-state index is 5.00. The van der Waals surface area contributed by atoms with Gasteiger partial charge in [-0.15, -0.1) is 0 Å². The van der Waals surface area contributed by atoms with Crippen LogP contribution in [0.5, 0.6) is 0 Å². The lowest BCUT2D eigenvalue weighted by Gasteiger charge is -2.39. The third-order valence-corrected chi connectivity index (χ3v) is 5.42. The number of hydrogen-bond acceptors (Lipinski definition) is 1. The SMILES string of the molecule is CC(C)c1ccc2c(c1)C1(CCC1)c1nc(C(C)C)[nH]c1-2. The van der Waals surface area contributed by atoms with Crippen molar-refractivity contribution in [2.45, 2.75) is 64.2 Å². The predicted molar refractivity (Wildman–Crippen MR) is 86.8 cm³/mol. The van der Waals surface area contributed by atoms with Crippen LogP contribution in [0.3, 0.4) is 0 Å². The van der Waals surface area contributed by atoms with Gasteiger partial charge < -0.3 is 4.98 Å². The van der Waals surface area contributed by atoms with Gasteiger partial charge in [0, 0.05) is 16.9 Å². The van der Waals surface area contributed by atoms with E-state index in [1.807, 2.05) is 0 Å². The molecule has 1 aromatic carbocycles. The van der Waals surface area contributed by atoms with Crippen LogP contribution in [0.2, 0.25) is 0 Å². The second kappa shape index (κ2) is 4.22. The molecule has 2 aromatic rings. The van der Waals surface area contributed by atoms with Crippen LogP contribution in [0.1, 0.15) is 81.4 Å². The average Bonchev–Trinajstić information content (AvgIpc) is 2.91. The third kappa shape index (κ3) is 1.62. The van der Waals surface area contributed by atoms with Gasteiger partial charge in [-0.2, -0.15) is 0 Å². The van der Waals surface area contributed by atoms with Gasteiger partial charge in [-0.3, -0.25) is 0 Å². The van der Waals surface area contributed by atoms with Crippen LogP contribution in [-0.4, -0.2) is 9.97 Å². The Morgan fingerprint density at radius 2 is 1.86 bits per heavy atom. The first-order chi connectivity index (χ1) is 10.0. The highest BCUT2D eigenvalue weighted by Gasteiger charge is 2.50. The first-order valence-electron chi connectivity index (χ1n) is 8.28. The number of hydrogen-bond donors (Lipinski definition) is 1. The van der Waals surface area contributed by atoms with E-state index >= 15 is 0 Å². The van der Waals surface area contributed by atoms with E-state index in [4.69, 9.17) is 4.98 Å². The van der Waals surface area contributed by atoms with E-state index < -0.39 is 0 Å². The molecule has 110 valence electrons. The van der Waals surface area contributed by atoms with Crippen LogP contribution in [0.15, 0.2) is 18.2 Å². The van der Waals surface area contributed by atoms with Gasteiger partial charge in [0.15, 0.2) is 0 Å². The Labute approximate surface area is 127 Å². The largest absolute Gasteiger partial charge is 0.342 e. The number of fused-ring (bicyclic) bond motifs is 5. The highest BCUT2D eigenvalue weighted by atomic mass is 15.0. The molecule has 1 N–H and O–H groups in total. The summed E-state index contributed by atoms with van der Waals surface area (Å²) < 4.78 is 0. The van der Waals surface area contributed by atoms with E-state index in [1.165, 1.54) is 47.3 Å². The monoisotopic (exact) mass is 280 g/mol. The molecule has 2 heteroatoms. The lowest BCUT2D eigenvalue weighted by atomic mass is 9.64. The summed E-state index contributed by atoms with van der Waals surface area (Å²) in [4.78, 5) is 8.61. The normalized spacial score (nSPS) is 18.2. The van der Waals surface area contributed by atoms with Crippen molar-refractivity contribution in [2.24, 2.45) is 0 Å². The van der Waals surface area contributed by atoms with Crippen molar-refractivity contribution in [3.63, 3.8) is 0 Å². The maximum Gasteiger partial charge on any atom is 0.109 e. The molecule has 1 saturated carbocycles. The van der Waals surface area contributed by atoms with Crippen LogP contribution in [0.25, 0.3) is 11.3 Å². The van der Waals surface area contributed by atoms with Crippen molar-refractivity contribution in [3.05, 3.63) is 40.8 Å². The molecule has 1 fully saturated rings. The Kier molecular flexibility index (Phi) is 2.64. The molecular weight excluding hydrogens is 256 g/mol. The van der Waals surface area contributed by atoms with Crippen LogP contribution in [-0.2, 0) is 5.41 Å². The molecule has 0 unspecified atom stereocenters.